The van der Waals surface area contributed by atoms with E-state index in [1.807, 2.05) is 36.4 Å². The summed E-state index contributed by atoms with van der Waals surface area (Å²) >= 11 is 0. The summed E-state index contributed by atoms with van der Waals surface area (Å²) in [7, 11) is 0. The molecule has 5 aromatic carbocycles. The predicted molar refractivity (Wildman–Crippen MR) is 152 cm³/mol. The lowest BCUT2D eigenvalue weighted by atomic mass is 9.94. The Kier molecular flexibility index (Phi) is 5.11. The van der Waals surface area contributed by atoms with Crippen LogP contribution in [0.2, 0.25) is 0 Å². The number of aromatic nitrogens is 1. The smallest absolute Gasteiger partial charge is 0.189 e. The summed E-state index contributed by atoms with van der Waals surface area (Å²) in [4.78, 5) is 13.9. The Morgan fingerprint density at radius 1 is 0.649 bits per heavy atom. The molecule has 0 spiro atoms. The summed E-state index contributed by atoms with van der Waals surface area (Å²) in [6, 6.07) is 43.8. The molecule has 0 unspecified atom stereocenters. The van der Waals surface area contributed by atoms with Crippen molar-refractivity contribution in [1.82, 2.24) is 4.57 Å². The van der Waals surface area contributed by atoms with E-state index in [1.54, 1.807) is 0 Å². The largest absolute Gasteiger partial charge is 0.336 e. The first-order chi connectivity index (χ1) is 18.3. The molecule has 37 heavy (non-hydrogen) atoms. The number of carbonyl (C=O) groups is 1. The van der Waals surface area contributed by atoms with Crippen molar-refractivity contribution in [3.8, 4) is 0 Å². The maximum absolute atomic E-state index is 13.9. The van der Waals surface area contributed by atoms with Crippen molar-refractivity contribution >= 4 is 33.2 Å². The van der Waals surface area contributed by atoms with Crippen LogP contribution in [0.15, 0.2) is 133 Å². The molecule has 1 aliphatic carbocycles. The number of allylic oxidation sites excluding steroid dienone is 1. The quantitative estimate of drug-likeness (QED) is 0.231. The third kappa shape index (κ3) is 3.53. The minimum atomic E-state index is 0.108. The molecule has 0 radical (unpaired) electrons. The van der Waals surface area contributed by atoms with Crippen molar-refractivity contribution in [1.29, 1.82) is 0 Å². The molecule has 0 N–H and O–H groups in total. The van der Waals surface area contributed by atoms with Crippen LogP contribution in [0.4, 0.5) is 0 Å². The topological polar surface area (TPSA) is 22.0 Å². The van der Waals surface area contributed by atoms with Gasteiger partial charge in [-0.1, -0.05) is 115 Å². The molecular formula is C35H25NO. The average Bonchev–Trinajstić information content (AvgIpc) is 3.50. The first-order valence-corrected chi connectivity index (χ1v) is 12.7. The first kappa shape index (κ1) is 21.6. The molecule has 0 aliphatic heterocycles. The predicted octanol–water partition coefficient (Wildman–Crippen LogP) is 8.08. The summed E-state index contributed by atoms with van der Waals surface area (Å²) in [5.74, 6) is 0.108. The molecule has 0 atom stereocenters. The molecule has 176 valence electrons. The maximum atomic E-state index is 13.9. The maximum Gasteiger partial charge on any atom is 0.189 e. The molecule has 0 bridgehead atoms. The van der Waals surface area contributed by atoms with Crippen molar-refractivity contribution in [2.24, 2.45) is 0 Å². The molecule has 1 aromatic heterocycles. The van der Waals surface area contributed by atoms with Crippen LogP contribution in [0.1, 0.15) is 32.6 Å². The van der Waals surface area contributed by atoms with E-state index < -0.39 is 0 Å². The van der Waals surface area contributed by atoms with Crippen molar-refractivity contribution in [2.75, 3.05) is 0 Å². The zero-order valence-corrected chi connectivity index (χ0v) is 20.4. The van der Waals surface area contributed by atoms with Gasteiger partial charge in [-0.2, -0.15) is 0 Å². The Morgan fingerprint density at radius 3 is 2.05 bits per heavy atom. The summed E-state index contributed by atoms with van der Waals surface area (Å²) in [5.41, 5.74) is 9.89. The highest BCUT2D eigenvalue weighted by atomic mass is 16.1. The van der Waals surface area contributed by atoms with Crippen LogP contribution >= 0.6 is 0 Å². The highest BCUT2D eigenvalue weighted by molar-refractivity contribution is 6.20. The number of benzene rings is 5. The van der Waals surface area contributed by atoms with Crippen LogP contribution in [0.3, 0.4) is 0 Å². The number of hydrogen-bond donors (Lipinski definition) is 0. The van der Waals surface area contributed by atoms with E-state index in [0.717, 1.165) is 28.8 Å². The van der Waals surface area contributed by atoms with Gasteiger partial charge in [0.1, 0.15) is 0 Å². The van der Waals surface area contributed by atoms with Gasteiger partial charge in [-0.25, -0.2) is 0 Å². The second-order valence-electron chi connectivity index (χ2n) is 9.67. The van der Waals surface area contributed by atoms with Gasteiger partial charge in [-0.15, -0.1) is 0 Å². The van der Waals surface area contributed by atoms with Gasteiger partial charge >= 0.3 is 0 Å². The SMILES string of the molecule is O=C(C1=C(c2ccccc2)c2ccc3c(c2C1)c1ccccc1n3Cc1ccccc1)c1ccccc1. The van der Waals surface area contributed by atoms with E-state index in [9.17, 15) is 4.79 Å². The van der Waals surface area contributed by atoms with Crippen LogP contribution in [0.25, 0.3) is 27.4 Å². The van der Waals surface area contributed by atoms with Gasteiger partial charge in [0.2, 0.25) is 0 Å². The Bertz CT molecular complexity index is 1810. The Labute approximate surface area is 216 Å². The van der Waals surface area contributed by atoms with Crippen LogP contribution in [-0.2, 0) is 13.0 Å². The molecule has 2 heteroatoms. The summed E-state index contributed by atoms with van der Waals surface area (Å²) in [6.45, 7) is 0.804. The number of rotatable bonds is 5. The van der Waals surface area contributed by atoms with Crippen LogP contribution < -0.4 is 0 Å². The lowest BCUT2D eigenvalue weighted by Gasteiger charge is -2.11. The van der Waals surface area contributed by atoms with Crippen LogP contribution in [0, 0.1) is 0 Å². The number of fused-ring (bicyclic) bond motifs is 5. The van der Waals surface area contributed by atoms with E-state index in [4.69, 9.17) is 0 Å². The third-order valence-corrected chi connectivity index (χ3v) is 7.53. The van der Waals surface area contributed by atoms with Gasteiger partial charge in [-0.05, 0) is 40.0 Å². The summed E-state index contributed by atoms with van der Waals surface area (Å²) in [6.07, 6.45) is 0.629. The zero-order chi connectivity index (χ0) is 24.8. The van der Waals surface area contributed by atoms with Crippen molar-refractivity contribution < 1.29 is 4.79 Å². The molecule has 0 amide bonds. The van der Waals surface area contributed by atoms with Gasteiger partial charge in [0.05, 0.1) is 0 Å². The highest BCUT2D eigenvalue weighted by Crippen LogP contribution is 2.44. The minimum absolute atomic E-state index is 0.108. The summed E-state index contributed by atoms with van der Waals surface area (Å²) in [5, 5.41) is 2.50. The van der Waals surface area contributed by atoms with E-state index in [1.165, 1.54) is 38.5 Å². The van der Waals surface area contributed by atoms with Gasteiger partial charge in [0.25, 0.3) is 0 Å². The molecule has 0 fully saturated rings. The lowest BCUT2D eigenvalue weighted by molar-refractivity contribution is 0.103. The number of carbonyl (C=O) groups excluding carboxylic acids is 1. The van der Waals surface area contributed by atoms with Crippen molar-refractivity contribution in [3.05, 3.63) is 161 Å². The standard InChI is InChI=1S/C35H25NO/c37-35(26-16-8-3-9-17-26)30-22-29-27(33(30)25-14-6-2-7-15-25)20-21-32-34(29)28-18-10-11-19-31(28)36(32)23-24-12-4-1-5-13-24/h1-21H,22-23H2. The minimum Gasteiger partial charge on any atom is -0.336 e. The molecule has 0 saturated heterocycles. The molecule has 6 aromatic rings. The van der Waals surface area contributed by atoms with Crippen molar-refractivity contribution in [2.45, 2.75) is 13.0 Å². The van der Waals surface area contributed by atoms with E-state index in [0.29, 0.717) is 6.42 Å². The second-order valence-corrected chi connectivity index (χ2v) is 9.67. The molecule has 7 rings (SSSR count). The fourth-order valence-electron chi connectivity index (χ4n) is 5.89. The molecular weight excluding hydrogens is 450 g/mol. The first-order valence-electron chi connectivity index (χ1n) is 12.7. The number of ketones is 1. The number of Topliss-reactive ketones (excluding diaryl/α,β-unsaturated/α-hetero) is 1. The molecule has 0 saturated carbocycles. The monoisotopic (exact) mass is 475 g/mol. The second kappa shape index (κ2) is 8.76. The Morgan fingerprint density at radius 2 is 1.30 bits per heavy atom. The summed E-state index contributed by atoms with van der Waals surface area (Å²) < 4.78 is 2.42. The average molecular weight is 476 g/mol. The van der Waals surface area contributed by atoms with E-state index >= 15 is 0 Å². The number of nitrogens with zero attached hydrogens (tertiary/aromatic N) is 1. The van der Waals surface area contributed by atoms with Crippen molar-refractivity contribution in [3.63, 3.8) is 0 Å². The number of hydrogen-bond acceptors (Lipinski definition) is 1. The van der Waals surface area contributed by atoms with E-state index in [-0.39, 0.29) is 5.78 Å². The molecule has 2 nitrogen and oxygen atoms in total. The van der Waals surface area contributed by atoms with Gasteiger partial charge in [0.15, 0.2) is 5.78 Å². The normalized spacial score (nSPS) is 12.9. The molecule has 1 aliphatic rings. The number of para-hydroxylation sites is 1. The Hall–Kier alpha value is -4.69. The molecule has 1 heterocycles. The lowest BCUT2D eigenvalue weighted by Crippen LogP contribution is -2.05. The van der Waals surface area contributed by atoms with Gasteiger partial charge in [0, 0.05) is 45.9 Å². The fourth-order valence-corrected chi connectivity index (χ4v) is 5.89. The zero-order valence-electron chi connectivity index (χ0n) is 20.4. The van der Waals surface area contributed by atoms with E-state index in [2.05, 4.69) is 95.6 Å². The Balaban J connectivity index is 1.47. The highest BCUT2D eigenvalue weighted by Gasteiger charge is 2.30. The van der Waals surface area contributed by atoms with Gasteiger partial charge < -0.3 is 4.57 Å². The van der Waals surface area contributed by atoms with Gasteiger partial charge in [-0.3, -0.25) is 4.79 Å². The fraction of sp³-hybridized carbons (Fsp3) is 0.0571. The van der Waals surface area contributed by atoms with Crippen LogP contribution in [0.5, 0.6) is 0 Å². The van der Waals surface area contributed by atoms with Crippen LogP contribution in [-0.4, -0.2) is 10.4 Å². The third-order valence-electron chi connectivity index (χ3n) is 7.53.